The van der Waals surface area contributed by atoms with Gasteiger partial charge in [0.1, 0.15) is 0 Å². The molecule has 6 nitrogen and oxygen atoms in total. The monoisotopic (exact) mass is 400 g/mol. The van der Waals surface area contributed by atoms with Crippen LogP contribution in [0.3, 0.4) is 0 Å². The minimum Gasteiger partial charge on any atom is -0.455 e. The molecule has 2 amide bonds. The van der Waals surface area contributed by atoms with Crippen molar-refractivity contribution in [2.24, 2.45) is 5.92 Å². The standard InChI is InChI=1S/C21H21ClN2O4/c1-13-4-3-5-17(8-13)24-11-15(9-20(24)26)21(27)28-12-19(25)23-18-10-16(22)7-6-14(18)2/h3-8,10,15H,9,11-12H2,1-2H3,(H,23,25)/t15-/m0/s1. The number of esters is 1. The summed E-state index contributed by atoms with van der Waals surface area (Å²) in [6.07, 6.45) is 0.0712. The summed E-state index contributed by atoms with van der Waals surface area (Å²) in [4.78, 5) is 38.2. The van der Waals surface area contributed by atoms with Crippen molar-refractivity contribution in [3.8, 4) is 0 Å². The van der Waals surface area contributed by atoms with E-state index in [0.717, 1.165) is 16.8 Å². The number of aryl methyl sites for hydroxylation is 2. The minimum atomic E-state index is -0.589. The molecule has 3 rings (SSSR count). The number of rotatable bonds is 5. The van der Waals surface area contributed by atoms with Gasteiger partial charge in [-0.05, 0) is 49.2 Å². The lowest BCUT2D eigenvalue weighted by molar-refractivity contribution is -0.151. The average Bonchev–Trinajstić information content (AvgIpc) is 3.04. The van der Waals surface area contributed by atoms with Gasteiger partial charge in [0.2, 0.25) is 5.91 Å². The fourth-order valence-electron chi connectivity index (χ4n) is 3.08. The number of carbonyl (C=O) groups is 3. The number of amides is 2. The Hall–Kier alpha value is -2.86. The van der Waals surface area contributed by atoms with E-state index >= 15 is 0 Å². The lowest BCUT2D eigenvalue weighted by atomic mass is 10.1. The first kappa shape index (κ1) is 19.9. The summed E-state index contributed by atoms with van der Waals surface area (Å²) in [6.45, 7) is 3.61. The topological polar surface area (TPSA) is 75.7 Å². The molecule has 0 saturated carbocycles. The first-order chi connectivity index (χ1) is 13.3. The second-order valence-electron chi connectivity index (χ2n) is 6.86. The number of hydrogen-bond acceptors (Lipinski definition) is 4. The number of nitrogens with one attached hydrogen (secondary N) is 1. The molecule has 7 heteroatoms. The summed E-state index contributed by atoms with van der Waals surface area (Å²) >= 11 is 5.93. The smallest absolute Gasteiger partial charge is 0.311 e. The third-order valence-electron chi connectivity index (χ3n) is 4.59. The van der Waals surface area contributed by atoms with Crippen LogP contribution in [-0.2, 0) is 19.1 Å². The Bertz CT molecular complexity index is 928. The molecule has 1 N–H and O–H groups in total. The highest BCUT2D eigenvalue weighted by Crippen LogP contribution is 2.26. The Kier molecular flexibility index (Phi) is 5.99. The van der Waals surface area contributed by atoms with Crippen LogP contribution in [0.1, 0.15) is 17.5 Å². The van der Waals surface area contributed by atoms with E-state index in [-0.39, 0.29) is 18.9 Å². The molecule has 28 heavy (non-hydrogen) atoms. The van der Waals surface area contributed by atoms with E-state index < -0.39 is 24.4 Å². The van der Waals surface area contributed by atoms with E-state index in [1.54, 1.807) is 23.1 Å². The van der Waals surface area contributed by atoms with Crippen LogP contribution in [0.15, 0.2) is 42.5 Å². The number of ether oxygens (including phenoxy) is 1. The van der Waals surface area contributed by atoms with E-state index in [2.05, 4.69) is 5.32 Å². The lowest BCUT2D eigenvalue weighted by Gasteiger charge is -2.17. The van der Waals surface area contributed by atoms with Gasteiger partial charge >= 0.3 is 5.97 Å². The van der Waals surface area contributed by atoms with Crippen LogP contribution in [0.5, 0.6) is 0 Å². The second-order valence-corrected chi connectivity index (χ2v) is 7.30. The summed E-state index contributed by atoms with van der Waals surface area (Å²) in [7, 11) is 0. The molecule has 1 saturated heterocycles. The molecule has 2 aromatic rings. The zero-order valence-electron chi connectivity index (χ0n) is 15.7. The van der Waals surface area contributed by atoms with Crippen molar-refractivity contribution in [3.63, 3.8) is 0 Å². The molecule has 0 radical (unpaired) electrons. The Morgan fingerprint density at radius 3 is 2.75 bits per heavy atom. The van der Waals surface area contributed by atoms with Crippen LogP contribution in [0.2, 0.25) is 5.02 Å². The maximum Gasteiger partial charge on any atom is 0.311 e. The molecular weight excluding hydrogens is 380 g/mol. The highest BCUT2D eigenvalue weighted by atomic mass is 35.5. The van der Waals surface area contributed by atoms with Gasteiger partial charge in [-0.2, -0.15) is 0 Å². The highest BCUT2D eigenvalue weighted by Gasteiger charge is 2.36. The summed E-state index contributed by atoms with van der Waals surface area (Å²) in [6, 6.07) is 12.7. The molecule has 1 atom stereocenters. The van der Waals surface area contributed by atoms with Gasteiger partial charge in [-0.3, -0.25) is 14.4 Å². The SMILES string of the molecule is Cc1cccc(N2C[C@@H](C(=O)OCC(=O)Nc3cc(Cl)ccc3C)CC2=O)c1. The molecule has 0 spiro atoms. The predicted octanol–water partition coefficient (Wildman–Crippen LogP) is 3.49. The Labute approximate surface area is 168 Å². The van der Waals surface area contributed by atoms with E-state index in [1.165, 1.54) is 0 Å². The summed E-state index contributed by atoms with van der Waals surface area (Å²) in [5, 5.41) is 3.17. The van der Waals surface area contributed by atoms with Crippen molar-refractivity contribution >= 4 is 40.8 Å². The highest BCUT2D eigenvalue weighted by molar-refractivity contribution is 6.31. The lowest BCUT2D eigenvalue weighted by Crippen LogP contribution is -2.28. The fraction of sp³-hybridized carbons (Fsp3) is 0.286. The molecule has 1 fully saturated rings. The second kappa shape index (κ2) is 8.44. The molecule has 1 heterocycles. The van der Waals surface area contributed by atoms with Gasteiger partial charge in [-0.25, -0.2) is 0 Å². The largest absolute Gasteiger partial charge is 0.455 e. The Balaban J connectivity index is 1.54. The first-order valence-electron chi connectivity index (χ1n) is 8.93. The zero-order valence-corrected chi connectivity index (χ0v) is 16.5. The maximum absolute atomic E-state index is 12.3. The van der Waals surface area contributed by atoms with E-state index in [9.17, 15) is 14.4 Å². The minimum absolute atomic E-state index is 0.0712. The van der Waals surface area contributed by atoms with Crippen LogP contribution >= 0.6 is 11.6 Å². The number of carbonyl (C=O) groups excluding carboxylic acids is 3. The van der Waals surface area contributed by atoms with Crippen molar-refractivity contribution in [1.29, 1.82) is 0 Å². The van der Waals surface area contributed by atoms with Gasteiger partial charge in [0.15, 0.2) is 6.61 Å². The van der Waals surface area contributed by atoms with Crippen LogP contribution in [0, 0.1) is 19.8 Å². The summed E-state index contributed by atoms with van der Waals surface area (Å²) in [5.41, 5.74) is 3.20. The van der Waals surface area contributed by atoms with Crippen molar-refractivity contribution in [2.45, 2.75) is 20.3 Å². The number of halogens is 1. The van der Waals surface area contributed by atoms with Gasteiger partial charge in [0, 0.05) is 29.4 Å². The van der Waals surface area contributed by atoms with E-state index in [1.807, 2.05) is 38.1 Å². The van der Waals surface area contributed by atoms with Crippen molar-refractivity contribution in [2.75, 3.05) is 23.4 Å². The molecule has 1 aliphatic rings. The first-order valence-corrected chi connectivity index (χ1v) is 9.31. The quantitative estimate of drug-likeness (QED) is 0.779. The third-order valence-corrected chi connectivity index (χ3v) is 4.83. The number of benzene rings is 2. The molecule has 0 bridgehead atoms. The molecular formula is C21H21ClN2O4. The van der Waals surface area contributed by atoms with Crippen LogP contribution in [0.25, 0.3) is 0 Å². The van der Waals surface area contributed by atoms with Gasteiger partial charge < -0.3 is 15.0 Å². The zero-order chi connectivity index (χ0) is 20.3. The van der Waals surface area contributed by atoms with E-state index in [0.29, 0.717) is 10.7 Å². The summed E-state index contributed by atoms with van der Waals surface area (Å²) < 4.78 is 5.12. The van der Waals surface area contributed by atoms with Crippen LogP contribution in [0.4, 0.5) is 11.4 Å². The van der Waals surface area contributed by atoms with Gasteiger partial charge in [0.05, 0.1) is 5.92 Å². The predicted molar refractivity (Wildman–Crippen MR) is 107 cm³/mol. The van der Waals surface area contributed by atoms with Crippen molar-refractivity contribution in [1.82, 2.24) is 0 Å². The van der Waals surface area contributed by atoms with Crippen LogP contribution in [-0.4, -0.2) is 30.9 Å². The van der Waals surface area contributed by atoms with Gasteiger partial charge in [-0.15, -0.1) is 0 Å². The normalized spacial score (nSPS) is 16.2. The average molecular weight is 401 g/mol. The molecule has 2 aromatic carbocycles. The molecule has 0 aliphatic carbocycles. The van der Waals surface area contributed by atoms with Crippen molar-refractivity contribution < 1.29 is 19.1 Å². The number of nitrogens with zero attached hydrogens (tertiary/aromatic N) is 1. The van der Waals surface area contributed by atoms with Crippen LogP contribution < -0.4 is 10.2 Å². The maximum atomic E-state index is 12.3. The summed E-state index contributed by atoms with van der Waals surface area (Å²) in [5.74, 6) is -1.74. The molecule has 1 aliphatic heterocycles. The third kappa shape index (κ3) is 4.70. The number of anilines is 2. The Morgan fingerprint density at radius 2 is 2.00 bits per heavy atom. The fourth-order valence-corrected chi connectivity index (χ4v) is 3.25. The molecule has 0 aromatic heterocycles. The molecule has 0 unspecified atom stereocenters. The van der Waals surface area contributed by atoms with E-state index in [4.69, 9.17) is 16.3 Å². The van der Waals surface area contributed by atoms with Gasteiger partial charge in [0.25, 0.3) is 5.91 Å². The van der Waals surface area contributed by atoms with Crippen molar-refractivity contribution in [3.05, 3.63) is 58.6 Å². The number of hydrogen-bond donors (Lipinski definition) is 1. The molecule has 146 valence electrons. The Morgan fingerprint density at radius 1 is 1.21 bits per heavy atom. The van der Waals surface area contributed by atoms with Gasteiger partial charge in [-0.1, -0.05) is 29.8 Å².